The molecule has 1 amide bonds. The van der Waals surface area contributed by atoms with Crippen molar-refractivity contribution in [1.29, 1.82) is 0 Å². The summed E-state index contributed by atoms with van der Waals surface area (Å²) in [6, 6.07) is 3.84. The van der Waals surface area contributed by atoms with Gasteiger partial charge in [-0.05, 0) is 30.9 Å². The van der Waals surface area contributed by atoms with Crippen LogP contribution in [-0.4, -0.2) is 21.0 Å². The van der Waals surface area contributed by atoms with Gasteiger partial charge in [0, 0.05) is 24.7 Å². The summed E-state index contributed by atoms with van der Waals surface area (Å²) in [5, 5.41) is 6.90. The molecule has 122 valence electrons. The molecule has 3 rings (SSSR count). The van der Waals surface area contributed by atoms with E-state index in [0.29, 0.717) is 31.2 Å². The third-order valence-corrected chi connectivity index (χ3v) is 4.25. The lowest BCUT2D eigenvalue weighted by Gasteiger charge is -2.17. The Labute approximate surface area is 135 Å². The highest BCUT2D eigenvalue weighted by molar-refractivity contribution is 5.76. The highest BCUT2D eigenvalue weighted by Gasteiger charge is 2.20. The van der Waals surface area contributed by atoms with Crippen LogP contribution in [0.1, 0.15) is 61.7 Å². The summed E-state index contributed by atoms with van der Waals surface area (Å²) in [6.45, 7) is 0.297. The van der Waals surface area contributed by atoms with Gasteiger partial charge in [0.25, 0.3) is 0 Å². The van der Waals surface area contributed by atoms with Crippen molar-refractivity contribution in [3.05, 3.63) is 41.8 Å². The Bertz CT molecular complexity index is 621. The number of nitrogens with one attached hydrogen (secondary N) is 1. The zero-order chi connectivity index (χ0) is 15.9. The molecule has 0 aromatic carbocycles. The van der Waals surface area contributed by atoms with Gasteiger partial charge in [0.15, 0.2) is 5.82 Å². The first-order chi connectivity index (χ1) is 11.3. The van der Waals surface area contributed by atoms with E-state index >= 15 is 0 Å². The number of amides is 1. The van der Waals surface area contributed by atoms with Crippen LogP contribution >= 0.6 is 0 Å². The second-order valence-electron chi connectivity index (χ2n) is 6.02. The maximum atomic E-state index is 11.9. The monoisotopic (exact) mass is 314 g/mol. The van der Waals surface area contributed by atoms with E-state index in [0.717, 1.165) is 24.2 Å². The van der Waals surface area contributed by atoms with Gasteiger partial charge in [-0.15, -0.1) is 0 Å². The van der Waals surface area contributed by atoms with E-state index in [9.17, 15) is 4.79 Å². The van der Waals surface area contributed by atoms with E-state index in [1.165, 1.54) is 19.3 Å². The van der Waals surface area contributed by atoms with E-state index in [1.54, 1.807) is 12.4 Å². The van der Waals surface area contributed by atoms with Crippen molar-refractivity contribution in [2.75, 3.05) is 0 Å². The van der Waals surface area contributed by atoms with E-state index in [1.807, 2.05) is 12.1 Å². The molecule has 0 radical (unpaired) electrons. The summed E-state index contributed by atoms with van der Waals surface area (Å²) < 4.78 is 5.25. The Morgan fingerprint density at radius 1 is 1.30 bits per heavy atom. The molecule has 0 saturated heterocycles. The fourth-order valence-corrected chi connectivity index (χ4v) is 2.93. The molecular weight excluding hydrogens is 292 g/mol. The molecule has 1 fully saturated rings. The van der Waals surface area contributed by atoms with Crippen molar-refractivity contribution in [1.82, 2.24) is 20.4 Å². The maximum Gasteiger partial charge on any atom is 0.246 e. The maximum absolute atomic E-state index is 11.9. The predicted octanol–water partition coefficient (Wildman–Crippen LogP) is 2.76. The second-order valence-corrected chi connectivity index (χ2v) is 6.02. The summed E-state index contributed by atoms with van der Waals surface area (Å²) in [6.07, 6.45) is 10.7. The first-order valence-corrected chi connectivity index (χ1v) is 8.29. The fraction of sp³-hybridized carbons (Fsp3) is 0.529. The van der Waals surface area contributed by atoms with Crippen LogP contribution in [0.25, 0.3) is 0 Å². The lowest BCUT2D eigenvalue weighted by Crippen LogP contribution is -2.23. The Balaban J connectivity index is 1.43. The summed E-state index contributed by atoms with van der Waals surface area (Å²) in [4.78, 5) is 20.3. The van der Waals surface area contributed by atoms with Crippen LogP contribution in [0.3, 0.4) is 0 Å². The van der Waals surface area contributed by atoms with E-state index in [2.05, 4.69) is 20.4 Å². The van der Waals surface area contributed by atoms with Crippen LogP contribution in [-0.2, 0) is 17.8 Å². The number of aromatic nitrogens is 3. The number of aryl methyl sites for hydroxylation is 1. The molecule has 23 heavy (non-hydrogen) atoms. The number of carbonyl (C=O) groups excluding carboxylic acids is 1. The number of nitrogens with zero attached hydrogens (tertiary/aromatic N) is 3. The molecule has 2 aromatic rings. The normalized spacial score (nSPS) is 15.5. The number of carbonyl (C=O) groups is 1. The Hall–Kier alpha value is -2.24. The third kappa shape index (κ3) is 4.61. The molecule has 6 heteroatoms. The SMILES string of the molecule is O=C(CCc1cccnc1)NCc1nc(C2CCCCC2)no1. The quantitative estimate of drug-likeness (QED) is 0.886. The van der Waals surface area contributed by atoms with Gasteiger partial charge < -0.3 is 9.84 Å². The number of hydrogen-bond acceptors (Lipinski definition) is 5. The van der Waals surface area contributed by atoms with Crippen LogP contribution in [0.15, 0.2) is 29.0 Å². The molecule has 1 saturated carbocycles. The lowest BCUT2D eigenvalue weighted by atomic mass is 9.89. The van der Waals surface area contributed by atoms with Crippen molar-refractivity contribution in [2.24, 2.45) is 0 Å². The van der Waals surface area contributed by atoms with Crippen LogP contribution in [0.4, 0.5) is 0 Å². The minimum absolute atomic E-state index is 0.0220. The zero-order valence-electron chi connectivity index (χ0n) is 13.2. The van der Waals surface area contributed by atoms with Crippen molar-refractivity contribution >= 4 is 5.91 Å². The molecule has 0 bridgehead atoms. The Morgan fingerprint density at radius 3 is 2.96 bits per heavy atom. The Morgan fingerprint density at radius 2 is 2.17 bits per heavy atom. The van der Waals surface area contributed by atoms with Crippen molar-refractivity contribution in [3.63, 3.8) is 0 Å². The van der Waals surface area contributed by atoms with Crippen LogP contribution in [0.2, 0.25) is 0 Å². The minimum atomic E-state index is -0.0220. The van der Waals surface area contributed by atoms with Crippen molar-refractivity contribution in [3.8, 4) is 0 Å². The van der Waals surface area contributed by atoms with Gasteiger partial charge in [-0.25, -0.2) is 0 Å². The smallest absolute Gasteiger partial charge is 0.246 e. The molecule has 1 aliphatic rings. The molecule has 0 atom stereocenters. The first-order valence-electron chi connectivity index (χ1n) is 8.29. The molecule has 0 aliphatic heterocycles. The summed E-state index contributed by atoms with van der Waals surface area (Å²) in [5.74, 6) is 1.68. The Kier molecular flexibility index (Phi) is 5.34. The van der Waals surface area contributed by atoms with E-state index in [-0.39, 0.29) is 5.91 Å². The molecule has 6 nitrogen and oxygen atoms in total. The lowest BCUT2D eigenvalue weighted by molar-refractivity contribution is -0.121. The molecule has 2 aromatic heterocycles. The number of rotatable bonds is 6. The van der Waals surface area contributed by atoms with Crippen molar-refractivity contribution in [2.45, 2.75) is 57.4 Å². The van der Waals surface area contributed by atoms with Gasteiger partial charge in [-0.1, -0.05) is 30.5 Å². The fourth-order valence-electron chi connectivity index (χ4n) is 2.93. The first kappa shape index (κ1) is 15.6. The highest BCUT2D eigenvalue weighted by Crippen LogP contribution is 2.30. The minimum Gasteiger partial charge on any atom is -0.347 e. The van der Waals surface area contributed by atoms with E-state index < -0.39 is 0 Å². The average molecular weight is 314 g/mol. The van der Waals surface area contributed by atoms with Gasteiger partial charge in [-0.2, -0.15) is 4.98 Å². The molecule has 0 spiro atoms. The van der Waals surface area contributed by atoms with Crippen molar-refractivity contribution < 1.29 is 9.32 Å². The van der Waals surface area contributed by atoms with E-state index in [4.69, 9.17) is 4.52 Å². The zero-order valence-corrected chi connectivity index (χ0v) is 13.2. The second kappa shape index (κ2) is 7.85. The van der Waals surface area contributed by atoms with Crippen LogP contribution < -0.4 is 5.32 Å². The number of hydrogen-bond donors (Lipinski definition) is 1. The van der Waals surface area contributed by atoms with Crippen LogP contribution in [0.5, 0.6) is 0 Å². The van der Waals surface area contributed by atoms with Gasteiger partial charge in [0.05, 0.1) is 6.54 Å². The predicted molar refractivity (Wildman–Crippen MR) is 84.5 cm³/mol. The van der Waals surface area contributed by atoms with Gasteiger partial charge in [0.1, 0.15) is 0 Å². The molecule has 2 heterocycles. The molecular formula is C17H22N4O2. The highest BCUT2D eigenvalue weighted by atomic mass is 16.5. The molecule has 1 aliphatic carbocycles. The molecule has 0 unspecified atom stereocenters. The average Bonchev–Trinajstić information content (AvgIpc) is 3.09. The van der Waals surface area contributed by atoms with Gasteiger partial charge >= 0.3 is 0 Å². The van der Waals surface area contributed by atoms with Gasteiger partial charge in [-0.3, -0.25) is 9.78 Å². The summed E-state index contributed by atoms with van der Waals surface area (Å²) in [5.41, 5.74) is 1.06. The third-order valence-electron chi connectivity index (χ3n) is 4.25. The summed E-state index contributed by atoms with van der Waals surface area (Å²) in [7, 11) is 0. The topological polar surface area (TPSA) is 80.9 Å². The largest absolute Gasteiger partial charge is 0.347 e. The van der Waals surface area contributed by atoms with Gasteiger partial charge in [0.2, 0.25) is 11.8 Å². The van der Waals surface area contributed by atoms with Crippen LogP contribution in [0, 0.1) is 0 Å². The summed E-state index contributed by atoms with van der Waals surface area (Å²) >= 11 is 0. The number of pyridine rings is 1. The molecule has 1 N–H and O–H groups in total. The standard InChI is InChI=1S/C17H22N4O2/c22-15(9-8-13-5-4-10-18-11-13)19-12-16-20-17(21-23-16)14-6-2-1-3-7-14/h4-5,10-11,14H,1-3,6-9,12H2,(H,19,22).